The Morgan fingerprint density at radius 2 is 1.86 bits per heavy atom. The van der Waals surface area contributed by atoms with Gasteiger partial charge in [0.25, 0.3) is 5.91 Å². The second-order valence-corrected chi connectivity index (χ2v) is 7.89. The summed E-state index contributed by atoms with van der Waals surface area (Å²) in [7, 11) is 4.11. The van der Waals surface area contributed by atoms with Crippen molar-refractivity contribution in [2.75, 3.05) is 26.0 Å². The maximum Gasteiger partial charge on any atom is 0.291 e. The Morgan fingerprint density at radius 3 is 2.61 bits per heavy atom. The van der Waals surface area contributed by atoms with Crippen LogP contribution in [0.1, 0.15) is 16.1 Å². The number of fused-ring (bicyclic) bond motifs is 1. The van der Waals surface area contributed by atoms with E-state index >= 15 is 0 Å². The first-order chi connectivity index (χ1) is 13.6. The number of benzene rings is 2. The summed E-state index contributed by atoms with van der Waals surface area (Å²) in [6.07, 6.45) is 0.977. The number of nitrogens with zero attached hydrogens (tertiary/aromatic N) is 2. The number of anilines is 1. The normalized spacial score (nSPS) is 11.2. The largest absolute Gasteiger partial charge is 0.448 e. The fourth-order valence-corrected chi connectivity index (χ4v) is 3.78. The van der Waals surface area contributed by atoms with E-state index in [1.807, 2.05) is 48.5 Å². The molecule has 142 valence electrons. The van der Waals surface area contributed by atoms with Gasteiger partial charge in [-0.1, -0.05) is 24.3 Å². The summed E-state index contributed by atoms with van der Waals surface area (Å²) >= 11 is 1.55. The van der Waals surface area contributed by atoms with E-state index in [9.17, 15) is 4.79 Å². The molecule has 0 spiro atoms. The predicted molar refractivity (Wildman–Crippen MR) is 114 cm³/mol. The van der Waals surface area contributed by atoms with Gasteiger partial charge in [0.15, 0.2) is 16.5 Å². The first-order valence-corrected chi connectivity index (χ1v) is 9.91. The molecule has 1 amide bonds. The van der Waals surface area contributed by atoms with Crippen LogP contribution in [0.5, 0.6) is 0 Å². The van der Waals surface area contributed by atoms with E-state index in [4.69, 9.17) is 4.42 Å². The highest BCUT2D eigenvalue weighted by Gasteiger charge is 2.15. The minimum atomic E-state index is -0.270. The third-order valence-electron chi connectivity index (χ3n) is 4.39. The minimum Gasteiger partial charge on any atom is -0.448 e. The van der Waals surface area contributed by atoms with Crippen molar-refractivity contribution in [1.82, 2.24) is 9.88 Å². The van der Waals surface area contributed by atoms with Crippen molar-refractivity contribution in [1.29, 1.82) is 0 Å². The summed E-state index contributed by atoms with van der Waals surface area (Å²) in [5.74, 6) is 0.602. The maximum atomic E-state index is 12.5. The van der Waals surface area contributed by atoms with Crippen LogP contribution in [-0.2, 0) is 6.42 Å². The third kappa shape index (κ3) is 4.13. The average molecular weight is 391 g/mol. The number of thiazole rings is 1. The van der Waals surface area contributed by atoms with Gasteiger partial charge < -0.3 is 14.6 Å². The van der Waals surface area contributed by atoms with Crippen LogP contribution in [0.4, 0.5) is 5.69 Å². The number of carbonyl (C=O) groups excluding carboxylic acids is 1. The van der Waals surface area contributed by atoms with Crippen LogP contribution in [-0.4, -0.2) is 36.4 Å². The number of likely N-dealkylation sites (N-methyl/N-ethyl adjacent to an activating group) is 1. The molecule has 0 fully saturated rings. The number of aromatic nitrogens is 1. The predicted octanol–water partition coefficient (Wildman–Crippen LogP) is 4.91. The highest BCUT2D eigenvalue weighted by Crippen LogP contribution is 2.31. The Morgan fingerprint density at radius 1 is 1.07 bits per heavy atom. The fraction of sp³-hybridized carbons (Fsp3) is 0.182. The van der Waals surface area contributed by atoms with Crippen molar-refractivity contribution in [3.05, 3.63) is 72.0 Å². The standard InChI is InChI=1S/C22H21N3O2S/c1-25(2)14-13-15-7-9-16(10-8-15)23-21(26)18-11-12-19(27-18)22-24-17-5-3-4-6-20(17)28-22/h3-12H,13-14H2,1-2H3,(H,23,26). The van der Waals surface area contributed by atoms with Crippen LogP contribution >= 0.6 is 11.3 Å². The van der Waals surface area contributed by atoms with Crippen LogP contribution in [0.25, 0.3) is 21.0 Å². The average Bonchev–Trinajstić information content (AvgIpc) is 3.34. The van der Waals surface area contributed by atoms with E-state index in [-0.39, 0.29) is 11.7 Å². The number of nitrogens with one attached hydrogen (secondary N) is 1. The van der Waals surface area contributed by atoms with Crippen LogP contribution in [0.2, 0.25) is 0 Å². The zero-order valence-corrected chi connectivity index (χ0v) is 16.6. The van der Waals surface area contributed by atoms with E-state index in [1.54, 1.807) is 23.5 Å². The summed E-state index contributed by atoms with van der Waals surface area (Å²) in [4.78, 5) is 19.2. The molecule has 0 atom stereocenters. The van der Waals surface area contributed by atoms with Gasteiger partial charge in [-0.3, -0.25) is 4.79 Å². The van der Waals surface area contributed by atoms with Gasteiger partial charge in [-0.05, 0) is 62.5 Å². The molecule has 2 aromatic heterocycles. The van der Waals surface area contributed by atoms with Crippen LogP contribution < -0.4 is 5.32 Å². The molecular formula is C22H21N3O2S. The molecule has 0 aliphatic rings. The van der Waals surface area contributed by atoms with Crippen LogP contribution in [0.3, 0.4) is 0 Å². The van der Waals surface area contributed by atoms with Gasteiger partial charge in [0.1, 0.15) is 0 Å². The van der Waals surface area contributed by atoms with Gasteiger partial charge >= 0.3 is 0 Å². The summed E-state index contributed by atoms with van der Waals surface area (Å²) in [6, 6.07) is 19.3. The van der Waals surface area contributed by atoms with Crippen molar-refractivity contribution < 1.29 is 9.21 Å². The number of carbonyl (C=O) groups is 1. The van der Waals surface area contributed by atoms with Gasteiger partial charge in [-0.25, -0.2) is 4.98 Å². The number of hydrogen-bond acceptors (Lipinski definition) is 5. The first kappa shape index (κ1) is 18.4. The molecule has 28 heavy (non-hydrogen) atoms. The lowest BCUT2D eigenvalue weighted by atomic mass is 10.1. The molecule has 4 aromatic rings. The quantitative estimate of drug-likeness (QED) is 0.507. The van der Waals surface area contributed by atoms with Gasteiger partial charge in [0, 0.05) is 12.2 Å². The van der Waals surface area contributed by atoms with Gasteiger partial charge in [0.05, 0.1) is 10.2 Å². The van der Waals surface area contributed by atoms with Gasteiger partial charge in [-0.2, -0.15) is 0 Å². The lowest BCUT2D eigenvalue weighted by molar-refractivity contribution is 0.0997. The molecule has 0 aliphatic carbocycles. The minimum absolute atomic E-state index is 0.269. The Labute approximate surface area is 167 Å². The van der Waals surface area contributed by atoms with Crippen LogP contribution in [0.15, 0.2) is 65.1 Å². The van der Waals surface area contributed by atoms with Crippen molar-refractivity contribution >= 4 is 33.1 Å². The van der Waals surface area contributed by atoms with Gasteiger partial charge in [0.2, 0.25) is 0 Å². The van der Waals surface area contributed by atoms with E-state index in [2.05, 4.69) is 29.3 Å². The molecule has 0 bridgehead atoms. The van der Waals surface area contributed by atoms with Crippen LogP contribution in [0, 0.1) is 0 Å². The molecule has 0 unspecified atom stereocenters. The summed E-state index contributed by atoms with van der Waals surface area (Å²) < 4.78 is 6.84. The number of hydrogen-bond donors (Lipinski definition) is 1. The van der Waals surface area contributed by atoms with Crippen molar-refractivity contribution in [2.24, 2.45) is 0 Å². The van der Waals surface area contributed by atoms with E-state index < -0.39 is 0 Å². The molecule has 4 rings (SSSR count). The number of para-hydroxylation sites is 1. The fourth-order valence-electron chi connectivity index (χ4n) is 2.85. The third-order valence-corrected chi connectivity index (χ3v) is 5.44. The maximum absolute atomic E-state index is 12.5. The van der Waals surface area contributed by atoms with E-state index in [0.29, 0.717) is 5.76 Å². The molecule has 5 nitrogen and oxygen atoms in total. The molecule has 6 heteroatoms. The smallest absolute Gasteiger partial charge is 0.291 e. The highest BCUT2D eigenvalue weighted by atomic mass is 32.1. The zero-order chi connectivity index (χ0) is 19.5. The summed E-state index contributed by atoms with van der Waals surface area (Å²) in [5, 5.41) is 3.65. The summed E-state index contributed by atoms with van der Waals surface area (Å²) in [5.41, 5.74) is 2.92. The lowest BCUT2D eigenvalue weighted by Gasteiger charge is -2.09. The SMILES string of the molecule is CN(C)CCc1ccc(NC(=O)c2ccc(-c3nc4ccccc4s3)o2)cc1. The number of rotatable bonds is 6. The summed E-state index contributed by atoms with van der Waals surface area (Å²) in [6.45, 7) is 0.993. The molecule has 2 aromatic carbocycles. The number of furan rings is 1. The Balaban J connectivity index is 1.44. The molecule has 1 N–H and O–H groups in total. The second-order valence-electron chi connectivity index (χ2n) is 6.85. The Kier molecular flexibility index (Phi) is 5.23. The lowest BCUT2D eigenvalue weighted by Crippen LogP contribution is -2.15. The van der Waals surface area contributed by atoms with E-state index in [0.717, 1.165) is 33.9 Å². The molecule has 0 aliphatic heterocycles. The molecular weight excluding hydrogens is 370 g/mol. The molecule has 2 heterocycles. The Bertz CT molecular complexity index is 1060. The molecule has 0 saturated carbocycles. The van der Waals surface area contributed by atoms with Crippen molar-refractivity contribution in [3.63, 3.8) is 0 Å². The second kappa shape index (κ2) is 7.96. The van der Waals surface area contributed by atoms with Crippen molar-refractivity contribution in [2.45, 2.75) is 6.42 Å². The van der Waals surface area contributed by atoms with Gasteiger partial charge in [-0.15, -0.1) is 11.3 Å². The monoisotopic (exact) mass is 391 g/mol. The zero-order valence-electron chi connectivity index (χ0n) is 15.8. The Hall–Kier alpha value is -2.96. The van der Waals surface area contributed by atoms with Crippen molar-refractivity contribution in [3.8, 4) is 10.8 Å². The molecule has 0 radical (unpaired) electrons. The highest BCUT2D eigenvalue weighted by molar-refractivity contribution is 7.21. The topological polar surface area (TPSA) is 58.4 Å². The first-order valence-electron chi connectivity index (χ1n) is 9.09. The van der Waals surface area contributed by atoms with E-state index in [1.165, 1.54) is 5.56 Å². The number of amides is 1. The molecule has 0 saturated heterocycles.